The second-order valence-electron chi connectivity index (χ2n) is 5.38. The average Bonchev–Trinajstić information content (AvgIpc) is 2.73. The van der Waals surface area contributed by atoms with Crippen LogP contribution in [0.5, 0.6) is 5.75 Å². The number of rotatable bonds is 4. The molecule has 0 unspecified atom stereocenters. The Morgan fingerprint density at radius 1 is 1.13 bits per heavy atom. The number of ether oxygens (including phenoxy) is 2. The molecule has 0 radical (unpaired) electrons. The van der Waals surface area contributed by atoms with Crippen LogP contribution < -0.4 is 9.64 Å². The highest BCUT2D eigenvalue weighted by atomic mass is 32.2. The molecule has 8 heteroatoms. The summed E-state index contributed by atoms with van der Waals surface area (Å²) in [5, 5.41) is 0. The molecule has 0 N–H and O–H groups in total. The number of benzene rings is 1. The molecular weight excluding hydrogens is 322 g/mol. The van der Waals surface area contributed by atoms with Gasteiger partial charge in [0.1, 0.15) is 11.9 Å². The number of nitrogens with zero attached hydrogens (tertiary/aromatic N) is 1. The number of anilines is 1. The van der Waals surface area contributed by atoms with Gasteiger partial charge in [-0.25, -0.2) is 8.42 Å². The molecule has 0 spiro atoms. The Morgan fingerprint density at radius 3 is 2.22 bits per heavy atom. The van der Waals surface area contributed by atoms with Crippen LogP contribution in [-0.4, -0.2) is 51.1 Å². The number of esters is 1. The van der Waals surface area contributed by atoms with Gasteiger partial charge in [0.2, 0.25) is 5.91 Å². The average molecular weight is 341 g/mol. The molecule has 0 bridgehead atoms. The molecule has 1 aromatic carbocycles. The number of carbonyl (C=O) groups is 2. The third-order valence-electron chi connectivity index (χ3n) is 3.61. The van der Waals surface area contributed by atoms with Crippen LogP contribution in [0.4, 0.5) is 5.69 Å². The van der Waals surface area contributed by atoms with Gasteiger partial charge in [0, 0.05) is 19.5 Å². The standard InChI is InChI=1S/C15H19NO6S/c1-10(17)16(12-4-6-13(21-3)7-5-12)14-8-23(19,20)9-15(14)22-11(2)18/h4-7,14-15H,8-9H2,1-3H3/t14-,15+/m0/s1. The zero-order valence-electron chi connectivity index (χ0n) is 13.2. The minimum atomic E-state index is -3.39. The highest BCUT2D eigenvalue weighted by Crippen LogP contribution is 2.28. The molecule has 1 heterocycles. The number of hydrogen-bond donors (Lipinski definition) is 0. The van der Waals surface area contributed by atoms with Crippen molar-refractivity contribution in [3.63, 3.8) is 0 Å². The normalized spacial score (nSPS) is 22.4. The van der Waals surface area contributed by atoms with Crippen LogP contribution in [0.25, 0.3) is 0 Å². The molecule has 1 aromatic rings. The van der Waals surface area contributed by atoms with Crippen molar-refractivity contribution in [2.24, 2.45) is 0 Å². The first-order valence-corrected chi connectivity index (χ1v) is 8.87. The van der Waals surface area contributed by atoms with Gasteiger partial charge in [0.05, 0.1) is 24.7 Å². The van der Waals surface area contributed by atoms with Crippen molar-refractivity contribution >= 4 is 27.4 Å². The van der Waals surface area contributed by atoms with E-state index in [0.717, 1.165) is 0 Å². The predicted octanol–water partition coefficient (Wildman–Crippen LogP) is 0.777. The Bertz CT molecular complexity index is 697. The fraction of sp³-hybridized carbons (Fsp3) is 0.467. The molecular formula is C15H19NO6S. The van der Waals surface area contributed by atoms with Crippen LogP contribution in [0, 0.1) is 0 Å². The molecule has 0 aromatic heterocycles. The summed E-state index contributed by atoms with van der Waals surface area (Å²) in [5.41, 5.74) is 0.526. The van der Waals surface area contributed by atoms with E-state index in [0.29, 0.717) is 11.4 Å². The SMILES string of the molecule is COc1ccc(N(C(C)=O)[C@H]2CS(=O)(=O)C[C@H]2OC(C)=O)cc1. The highest BCUT2D eigenvalue weighted by molar-refractivity contribution is 7.91. The van der Waals surface area contributed by atoms with E-state index in [9.17, 15) is 18.0 Å². The summed E-state index contributed by atoms with van der Waals surface area (Å²) >= 11 is 0. The predicted molar refractivity (Wildman–Crippen MR) is 84.1 cm³/mol. The van der Waals surface area contributed by atoms with Crippen molar-refractivity contribution in [3.8, 4) is 5.75 Å². The molecule has 1 aliphatic heterocycles. The Kier molecular flexibility index (Phi) is 4.93. The lowest BCUT2D eigenvalue weighted by Crippen LogP contribution is -2.47. The van der Waals surface area contributed by atoms with E-state index in [1.807, 2.05) is 0 Å². The summed E-state index contributed by atoms with van der Waals surface area (Å²) in [4.78, 5) is 24.7. The van der Waals surface area contributed by atoms with E-state index in [2.05, 4.69) is 0 Å². The fourth-order valence-electron chi connectivity index (χ4n) is 2.71. The summed E-state index contributed by atoms with van der Waals surface area (Å²) in [5.74, 6) is -0.800. The quantitative estimate of drug-likeness (QED) is 0.752. The first kappa shape index (κ1) is 17.3. The molecule has 0 saturated carbocycles. The molecule has 2 rings (SSSR count). The smallest absolute Gasteiger partial charge is 0.303 e. The van der Waals surface area contributed by atoms with Gasteiger partial charge in [0.25, 0.3) is 0 Å². The summed E-state index contributed by atoms with van der Waals surface area (Å²) in [7, 11) is -1.86. The highest BCUT2D eigenvalue weighted by Gasteiger charge is 2.44. The van der Waals surface area contributed by atoms with Gasteiger partial charge in [-0.3, -0.25) is 9.59 Å². The maximum Gasteiger partial charge on any atom is 0.303 e. The van der Waals surface area contributed by atoms with Crippen molar-refractivity contribution in [3.05, 3.63) is 24.3 Å². The van der Waals surface area contributed by atoms with Gasteiger partial charge in [-0.05, 0) is 24.3 Å². The van der Waals surface area contributed by atoms with Crippen LogP contribution in [-0.2, 0) is 24.2 Å². The second kappa shape index (κ2) is 6.57. The second-order valence-corrected chi connectivity index (χ2v) is 7.53. The molecule has 7 nitrogen and oxygen atoms in total. The first-order chi connectivity index (χ1) is 10.7. The van der Waals surface area contributed by atoms with Crippen molar-refractivity contribution in [2.75, 3.05) is 23.5 Å². The van der Waals surface area contributed by atoms with Crippen LogP contribution >= 0.6 is 0 Å². The number of amides is 1. The number of hydrogen-bond acceptors (Lipinski definition) is 6. The van der Waals surface area contributed by atoms with Crippen LogP contribution in [0.2, 0.25) is 0 Å². The van der Waals surface area contributed by atoms with E-state index in [4.69, 9.17) is 9.47 Å². The van der Waals surface area contributed by atoms with Crippen molar-refractivity contribution < 1.29 is 27.5 Å². The lowest BCUT2D eigenvalue weighted by Gasteiger charge is -2.31. The number of methoxy groups -OCH3 is 1. The Morgan fingerprint density at radius 2 is 1.74 bits per heavy atom. The Hall–Kier alpha value is -2.09. The summed E-state index contributed by atoms with van der Waals surface area (Å²) in [6.45, 7) is 2.56. The van der Waals surface area contributed by atoms with E-state index >= 15 is 0 Å². The van der Waals surface area contributed by atoms with Crippen LogP contribution in [0.15, 0.2) is 24.3 Å². The summed E-state index contributed by atoms with van der Waals surface area (Å²) in [6, 6.07) is 5.94. The maximum absolute atomic E-state index is 12.1. The monoisotopic (exact) mass is 341 g/mol. The van der Waals surface area contributed by atoms with E-state index < -0.39 is 28.0 Å². The molecule has 1 aliphatic rings. The van der Waals surface area contributed by atoms with Gasteiger partial charge < -0.3 is 14.4 Å². The molecule has 126 valence electrons. The largest absolute Gasteiger partial charge is 0.497 e. The van der Waals surface area contributed by atoms with E-state index in [1.165, 1.54) is 25.9 Å². The number of sulfone groups is 1. The van der Waals surface area contributed by atoms with Gasteiger partial charge >= 0.3 is 5.97 Å². The van der Waals surface area contributed by atoms with Gasteiger partial charge in [0.15, 0.2) is 9.84 Å². The lowest BCUT2D eigenvalue weighted by atomic mass is 10.1. The first-order valence-electron chi connectivity index (χ1n) is 7.05. The zero-order valence-corrected chi connectivity index (χ0v) is 14.0. The van der Waals surface area contributed by atoms with Crippen molar-refractivity contribution in [2.45, 2.75) is 26.0 Å². The zero-order chi connectivity index (χ0) is 17.2. The molecule has 23 heavy (non-hydrogen) atoms. The van der Waals surface area contributed by atoms with Crippen LogP contribution in [0.1, 0.15) is 13.8 Å². The third-order valence-corrected chi connectivity index (χ3v) is 5.30. The molecule has 2 atom stereocenters. The van der Waals surface area contributed by atoms with Crippen LogP contribution in [0.3, 0.4) is 0 Å². The van der Waals surface area contributed by atoms with E-state index in [-0.39, 0.29) is 17.4 Å². The molecule has 1 amide bonds. The minimum Gasteiger partial charge on any atom is -0.497 e. The molecule has 1 fully saturated rings. The summed E-state index contributed by atoms with van der Waals surface area (Å²) < 4.78 is 34.1. The fourth-order valence-corrected chi connectivity index (χ4v) is 4.52. The topological polar surface area (TPSA) is 90.0 Å². The van der Waals surface area contributed by atoms with Gasteiger partial charge in [-0.15, -0.1) is 0 Å². The van der Waals surface area contributed by atoms with Crippen molar-refractivity contribution in [1.29, 1.82) is 0 Å². The molecule has 0 aliphatic carbocycles. The third kappa shape index (κ3) is 4.01. The number of carbonyl (C=O) groups excluding carboxylic acids is 2. The van der Waals surface area contributed by atoms with Gasteiger partial charge in [-0.1, -0.05) is 0 Å². The lowest BCUT2D eigenvalue weighted by molar-refractivity contribution is -0.146. The molecule has 1 saturated heterocycles. The Labute approximate surface area is 135 Å². The van der Waals surface area contributed by atoms with Crippen molar-refractivity contribution in [1.82, 2.24) is 0 Å². The maximum atomic E-state index is 12.1. The Balaban J connectivity index is 2.37. The van der Waals surface area contributed by atoms with E-state index in [1.54, 1.807) is 24.3 Å². The van der Waals surface area contributed by atoms with Gasteiger partial charge in [-0.2, -0.15) is 0 Å². The minimum absolute atomic E-state index is 0.240. The summed E-state index contributed by atoms with van der Waals surface area (Å²) in [6.07, 6.45) is -0.872.